The highest BCUT2D eigenvalue weighted by Gasteiger charge is 2.26. The Kier molecular flexibility index (Phi) is 3.92. The Morgan fingerprint density at radius 2 is 2.11 bits per heavy atom. The summed E-state index contributed by atoms with van der Waals surface area (Å²) in [6.45, 7) is 3.08. The normalized spacial score (nSPS) is 20.3. The maximum Gasteiger partial charge on any atom is 0.180 e. The molecule has 1 aliphatic heterocycles. The molecule has 0 aliphatic carbocycles. The van der Waals surface area contributed by atoms with E-state index < -0.39 is 9.84 Å². The largest absolute Gasteiger partial charge is 0.391 e. The van der Waals surface area contributed by atoms with E-state index in [9.17, 15) is 13.5 Å². The SMILES string of the molecule is CCCS(=O)(=O)c1ccccc1N1CCC(O)C1. The molecule has 1 fully saturated rings. The second kappa shape index (κ2) is 5.28. The Balaban J connectivity index is 2.37. The first-order valence-corrected chi connectivity index (χ1v) is 7.94. The highest BCUT2D eigenvalue weighted by atomic mass is 32.2. The molecule has 1 aromatic rings. The van der Waals surface area contributed by atoms with Crippen LogP contribution in [-0.2, 0) is 9.84 Å². The van der Waals surface area contributed by atoms with Gasteiger partial charge in [0, 0.05) is 13.1 Å². The second-order valence-corrected chi connectivity index (χ2v) is 6.75. The minimum atomic E-state index is -3.22. The van der Waals surface area contributed by atoms with Gasteiger partial charge in [-0.05, 0) is 25.0 Å². The Labute approximate surface area is 108 Å². The fourth-order valence-corrected chi connectivity index (χ4v) is 3.88. The Morgan fingerprint density at radius 1 is 1.39 bits per heavy atom. The maximum absolute atomic E-state index is 12.2. The number of benzene rings is 1. The summed E-state index contributed by atoms with van der Waals surface area (Å²) in [5.74, 6) is 0.167. The molecule has 1 saturated heterocycles. The predicted octanol–water partition coefficient (Wildman–Crippen LogP) is 1.44. The van der Waals surface area contributed by atoms with Crippen molar-refractivity contribution in [2.45, 2.75) is 30.8 Å². The molecule has 1 atom stereocenters. The van der Waals surface area contributed by atoms with Gasteiger partial charge in [0.05, 0.1) is 22.4 Å². The zero-order chi connectivity index (χ0) is 13.2. The van der Waals surface area contributed by atoms with Gasteiger partial charge in [-0.2, -0.15) is 0 Å². The molecule has 1 N–H and O–H groups in total. The van der Waals surface area contributed by atoms with E-state index in [0.29, 0.717) is 30.8 Å². The van der Waals surface area contributed by atoms with Gasteiger partial charge in [-0.15, -0.1) is 0 Å². The molecule has 100 valence electrons. The van der Waals surface area contributed by atoms with Gasteiger partial charge in [0.2, 0.25) is 0 Å². The lowest BCUT2D eigenvalue weighted by Gasteiger charge is -2.21. The molecule has 1 unspecified atom stereocenters. The van der Waals surface area contributed by atoms with Gasteiger partial charge in [-0.3, -0.25) is 0 Å². The maximum atomic E-state index is 12.2. The Morgan fingerprint density at radius 3 is 2.72 bits per heavy atom. The second-order valence-electron chi connectivity index (χ2n) is 4.68. The van der Waals surface area contributed by atoms with E-state index in [1.807, 2.05) is 24.0 Å². The quantitative estimate of drug-likeness (QED) is 0.898. The van der Waals surface area contributed by atoms with Gasteiger partial charge < -0.3 is 10.0 Å². The molecule has 1 aliphatic rings. The smallest absolute Gasteiger partial charge is 0.180 e. The van der Waals surface area contributed by atoms with E-state index in [0.717, 1.165) is 5.69 Å². The lowest BCUT2D eigenvalue weighted by Crippen LogP contribution is -2.23. The number of rotatable bonds is 4. The molecule has 0 bridgehead atoms. The van der Waals surface area contributed by atoms with Gasteiger partial charge in [0.15, 0.2) is 9.84 Å². The molecule has 4 nitrogen and oxygen atoms in total. The summed E-state index contributed by atoms with van der Waals surface area (Å²) in [7, 11) is -3.22. The molecular weight excluding hydrogens is 250 g/mol. The summed E-state index contributed by atoms with van der Waals surface area (Å²) >= 11 is 0. The lowest BCUT2D eigenvalue weighted by molar-refractivity contribution is 0.198. The highest BCUT2D eigenvalue weighted by molar-refractivity contribution is 7.91. The summed E-state index contributed by atoms with van der Waals surface area (Å²) in [4.78, 5) is 2.34. The van der Waals surface area contributed by atoms with E-state index in [1.165, 1.54) is 0 Å². The molecule has 0 aromatic heterocycles. The number of β-amino-alcohol motifs (C(OH)–C–C–N with tert-alkyl or cyclic N) is 1. The van der Waals surface area contributed by atoms with Crippen LogP contribution in [0.2, 0.25) is 0 Å². The first-order valence-electron chi connectivity index (χ1n) is 6.29. The van der Waals surface area contributed by atoms with E-state index in [-0.39, 0.29) is 11.9 Å². The van der Waals surface area contributed by atoms with Crippen molar-refractivity contribution in [3.8, 4) is 0 Å². The van der Waals surface area contributed by atoms with Crippen LogP contribution in [0.25, 0.3) is 0 Å². The minimum absolute atomic E-state index is 0.167. The van der Waals surface area contributed by atoms with Crippen molar-refractivity contribution in [3.63, 3.8) is 0 Å². The number of hydrogen-bond acceptors (Lipinski definition) is 4. The van der Waals surface area contributed by atoms with Crippen molar-refractivity contribution >= 4 is 15.5 Å². The topological polar surface area (TPSA) is 57.6 Å². The fourth-order valence-electron chi connectivity index (χ4n) is 2.32. The standard InChI is InChI=1S/C13H19NO3S/c1-2-9-18(16,17)13-6-4-3-5-12(13)14-8-7-11(15)10-14/h3-6,11,15H,2,7-10H2,1H3. The van der Waals surface area contributed by atoms with Crippen LogP contribution in [0, 0.1) is 0 Å². The monoisotopic (exact) mass is 269 g/mol. The molecule has 1 heterocycles. The molecular formula is C13H19NO3S. The third-order valence-electron chi connectivity index (χ3n) is 3.18. The van der Waals surface area contributed by atoms with Crippen molar-refractivity contribution < 1.29 is 13.5 Å². The van der Waals surface area contributed by atoms with Crippen LogP contribution in [0.4, 0.5) is 5.69 Å². The number of nitrogens with zero attached hydrogens (tertiary/aromatic N) is 1. The summed E-state index contributed by atoms with van der Waals surface area (Å²) in [6, 6.07) is 7.06. The van der Waals surface area contributed by atoms with Crippen LogP contribution < -0.4 is 4.90 Å². The van der Waals surface area contributed by atoms with Crippen molar-refractivity contribution in [2.75, 3.05) is 23.7 Å². The van der Waals surface area contributed by atoms with Crippen LogP contribution in [0.3, 0.4) is 0 Å². The minimum Gasteiger partial charge on any atom is -0.391 e. The van der Waals surface area contributed by atoms with E-state index >= 15 is 0 Å². The van der Waals surface area contributed by atoms with E-state index in [4.69, 9.17) is 0 Å². The zero-order valence-electron chi connectivity index (χ0n) is 10.5. The van der Waals surface area contributed by atoms with Gasteiger partial charge in [0.1, 0.15) is 0 Å². The van der Waals surface area contributed by atoms with Crippen LogP contribution in [0.5, 0.6) is 0 Å². The van der Waals surface area contributed by atoms with Gasteiger partial charge in [-0.1, -0.05) is 19.1 Å². The number of aliphatic hydroxyl groups excluding tert-OH is 1. The first kappa shape index (κ1) is 13.4. The summed E-state index contributed by atoms with van der Waals surface area (Å²) in [5.41, 5.74) is 0.725. The molecule has 1 aromatic carbocycles. The number of sulfone groups is 1. The highest BCUT2D eigenvalue weighted by Crippen LogP contribution is 2.29. The van der Waals surface area contributed by atoms with Crippen molar-refractivity contribution in [2.24, 2.45) is 0 Å². The van der Waals surface area contributed by atoms with E-state index in [2.05, 4.69) is 0 Å². The number of hydrogen-bond donors (Lipinski definition) is 1. The summed E-state index contributed by atoms with van der Waals surface area (Å²) in [5, 5.41) is 9.57. The van der Waals surface area contributed by atoms with Crippen molar-refractivity contribution in [1.29, 1.82) is 0 Å². The van der Waals surface area contributed by atoms with Crippen LogP contribution in [-0.4, -0.2) is 38.5 Å². The first-order chi connectivity index (χ1) is 8.54. The van der Waals surface area contributed by atoms with E-state index in [1.54, 1.807) is 12.1 Å². The van der Waals surface area contributed by atoms with Gasteiger partial charge >= 0.3 is 0 Å². The summed E-state index contributed by atoms with van der Waals surface area (Å²) < 4.78 is 24.4. The summed E-state index contributed by atoms with van der Waals surface area (Å²) in [6.07, 6.45) is 0.952. The van der Waals surface area contributed by atoms with Gasteiger partial charge in [-0.25, -0.2) is 8.42 Å². The lowest BCUT2D eigenvalue weighted by atomic mass is 10.3. The molecule has 0 radical (unpaired) electrons. The van der Waals surface area contributed by atoms with Crippen molar-refractivity contribution in [3.05, 3.63) is 24.3 Å². The predicted molar refractivity (Wildman–Crippen MR) is 71.6 cm³/mol. The molecule has 5 heteroatoms. The van der Waals surface area contributed by atoms with Crippen LogP contribution in [0.1, 0.15) is 19.8 Å². The molecule has 0 spiro atoms. The van der Waals surface area contributed by atoms with Crippen molar-refractivity contribution in [1.82, 2.24) is 0 Å². The Bertz CT molecular complexity index is 513. The molecule has 0 saturated carbocycles. The number of aliphatic hydroxyl groups is 1. The molecule has 2 rings (SSSR count). The zero-order valence-corrected chi connectivity index (χ0v) is 11.4. The fraction of sp³-hybridized carbons (Fsp3) is 0.538. The number of para-hydroxylation sites is 1. The third kappa shape index (κ3) is 2.67. The average molecular weight is 269 g/mol. The third-order valence-corrected chi connectivity index (χ3v) is 5.14. The number of anilines is 1. The molecule has 18 heavy (non-hydrogen) atoms. The van der Waals surface area contributed by atoms with Crippen LogP contribution in [0.15, 0.2) is 29.2 Å². The molecule has 0 amide bonds. The van der Waals surface area contributed by atoms with Crippen LogP contribution >= 0.6 is 0 Å². The van der Waals surface area contributed by atoms with Gasteiger partial charge in [0.25, 0.3) is 0 Å². The average Bonchev–Trinajstić information content (AvgIpc) is 2.76. The Hall–Kier alpha value is -1.07.